The number of benzene rings is 1. The number of carbonyl (C=O) groups is 2. The van der Waals surface area contributed by atoms with Crippen molar-refractivity contribution < 1.29 is 19.4 Å². The number of likely N-dealkylation sites (N-methyl/N-ethyl adjacent to an activating group) is 1. The maximum atomic E-state index is 11.8. The Labute approximate surface area is 98.6 Å². The van der Waals surface area contributed by atoms with Crippen LogP contribution in [0.3, 0.4) is 0 Å². The molecule has 0 unspecified atom stereocenters. The largest absolute Gasteiger partial charge is 0.504 e. The first-order valence-corrected chi connectivity index (χ1v) is 4.86. The van der Waals surface area contributed by atoms with E-state index >= 15 is 0 Å². The van der Waals surface area contributed by atoms with Crippen LogP contribution in [-0.4, -0.2) is 42.5 Å². The fourth-order valence-corrected chi connectivity index (χ4v) is 1.35. The average molecular weight is 238 g/mol. The molecule has 1 rings (SSSR count). The highest BCUT2D eigenvalue weighted by Gasteiger charge is 2.15. The number of ether oxygens (including phenoxy) is 1. The van der Waals surface area contributed by atoms with Crippen molar-refractivity contribution in [3.05, 3.63) is 23.8 Å². The molecule has 0 bridgehead atoms. The van der Waals surface area contributed by atoms with Gasteiger partial charge in [0.2, 0.25) is 5.91 Å². The number of phenols is 1. The molecule has 0 aliphatic rings. The number of hydrogen-bond acceptors (Lipinski definition) is 4. The van der Waals surface area contributed by atoms with Gasteiger partial charge in [0.15, 0.2) is 11.5 Å². The van der Waals surface area contributed by atoms with Crippen molar-refractivity contribution in [2.75, 3.05) is 20.7 Å². The smallest absolute Gasteiger partial charge is 0.254 e. The van der Waals surface area contributed by atoms with E-state index in [-0.39, 0.29) is 23.6 Å². The van der Waals surface area contributed by atoms with Gasteiger partial charge < -0.3 is 20.5 Å². The summed E-state index contributed by atoms with van der Waals surface area (Å²) in [6, 6.07) is 4.25. The molecule has 2 amide bonds. The minimum Gasteiger partial charge on any atom is -0.504 e. The molecule has 17 heavy (non-hydrogen) atoms. The van der Waals surface area contributed by atoms with Crippen LogP contribution in [0.4, 0.5) is 0 Å². The number of phenolic OH excluding ortho intramolecular Hbond substituents is 1. The molecule has 0 atom stereocenters. The summed E-state index contributed by atoms with van der Waals surface area (Å²) in [6.45, 7) is -0.175. The van der Waals surface area contributed by atoms with Crippen LogP contribution in [0.2, 0.25) is 0 Å². The zero-order valence-electron chi connectivity index (χ0n) is 9.64. The Morgan fingerprint density at radius 3 is 2.59 bits per heavy atom. The van der Waals surface area contributed by atoms with E-state index in [2.05, 4.69) is 0 Å². The summed E-state index contributed by atoms with van der Waals surface area (Å²) in [5, 5.41) is 9.52. The number of carbonyl (C=O) groups excluding carboxylic acids is 2. The Balaban J connectivity index is 2.89. The lowest BCUT2D eigenvalue weighted by Crippen LogP contribution is -2.35. The van der Waals surface area contributed by atoms with Crippen molar-refractivity contribution >= 4 is 11.8 Å². The van der Waals surface area contributed by atoms with Crippen molar-refractivity contribution in [2.24, 2.45) is 5.73 Å². The van der Waals surface area contributed by atoms with Gasteiger partial charge in [-0.25, -0.2) is 0 Å². The predicted molar refractivity (Wildman–Crippen MR) is 60.8 cm³/mol. The van der Waals surface area contributed by atoms with Gasteiger partial charge in [0, 0.05) is 12.6 Å². The Kier molecular flexibility index (Phi) is 3.92. The number of amides is 2. The van der Waals surface area contributed by atoms with Crippen molar-refractivity contribution in [1.82, 2.24) is 4.90 Å². The summed E-state index contributed by atoms with van der Waals surface area (Å²) < 4.78 is 4.86. The Morgan fingerprint density at radius 1 is 1.47 bits per heavy atom. The van der Waals surface area contributed by atoms with Gasteiger partial charge in [-0.2, -0.15) is 0 Å². The molecular weight excluding hydrogens is 224 g/mol. The molecule has 6 heteroatoms. The number of aromatic hydroxyl groups is 1. The summed E-state index contributed by atoms with van der Waals surface area (Å²) in [7, 11) is 2.87. The fourth-order valence-electron chi connectivity index (χ4n) is 1.35. The van der Waals surface area contributed by atoms with Crippen LogP contribution >= 0.6 is 0 Å². The number of methoxy groups -OCH3 is 1. The highest BCUT2D eigenvalue weighted by atomic mass is 16.5. The molecule has 0 fully saturated rings. The second kappa shape index (κ2) is 5.20. The number of primary amides is 1. The number of rotatable bonds is 4. The van der Waals surface area contributed by atoms with Gasteiger partial charge in [0.1, 0.15) is 0 Å². The van der Waals surface area contributed by atoms with E-state index in [0.717, 1.165) is 0 Å². The topological polar surface area (TPSA) is 92.9 Å². The lowest BCUT2D eigenvalue weighted by Gasteiger charge is -2.15. The van der Waals surface area contributed by atoms with Crippen LogP contribution in [0.15, 0.2) is 18.2 Å². The van der Waals surface area contributed by atoms with E-state index in [1.807, 2.05) is 0 Å². The van der Waals surface area contributed by atoms with E-state index in [1.54, 1.807) is 0 Å². The van der Waals surface area contributed by atoms with E-state index in [4.69, 9.17) is 10.5 Å². The Hall–Kier alpha value is -2.24. The van der Waals surface area contributed by atoms with Crippen molar-refractivity contribution in [2.45, 2.75) is 0 Å². The molecule has 92 valence electrons. The zero-order chi connectivity index (χ0) is 13.0. The quantitative estimate of drug-likeness (QED) is 0.769. The third-order valence-corrected chi connectivity index (χ3v) is 2.17. The van der Waals surface area contributed by atoms with Crippen LogP contribution in [0.1, 0.15) is 10.4 Å². The molecule has 0 aliphatic carbocycles. The third kappa shape index (κ3) is 3.10. The first-order chi connectivity index (χ1) is 7.95. The van der Waals surface area contributed by atoms with Crippen LogP contribution in [0.5, 0.6) is 11.5 Å². The molecule has 0 aliphatic heterocycles. The summed E-state index contributed by atoms with van der Waals surface area (Å²) in [5.74, 6) is -0.856. The van der Waals surface area contributed by atoms with Gasteiger partial charge in [0.25, 0.3) is 5.91 Å². The summed E-state index contributed by atoms with van der Waals surface area (Å²) in [6.07, 6.45) is 0. The van der Waals surface area contributed by atoms with E-state index in [9.17, 15) is 14.7 Å². The number of nitrogens with zero attached hydrogens (tertiary/aromatic N) is 1. The fraction of sp³-hybridized carbons (Fsp3) is 0.273. The summed E-state index contributed by atoms with van der Waals surface area (Å²) in [5.41, 5.74) is 5.24. The van der Waals surface area contributed by atoms with Crippen molar-refractivity contribution in [1.29, 1.82) is 0 Å². The summed E-state index contributed by atoms with van der Waals surface area (Å²) >= 11 is 0. The standard InChI is InChI=1S/C11H14N2O4/c1-13(6-10(12)15)11(16)7-3-4-9(17-2)8(14)5-7/h3-5,14H,6H2,1-2H3,(H2,12,15). The molecular formula is C11H14N2O4. The Bertz CT molecular complexity index is 445. The zero-order valence-corrected chi connectivity index (χ0v) is 9.64. The maximum absolute atomic E-state index is 11.8. The SMILES string of the molecule is COc1ccc(C(=O)N(C)CC(N)=O)cc1O. The average Bonchev–Trinajstić information content (AvgIpc) is 2.27. The Morgan fingerprint density at radius 2 is 2.12 bits per heavy atom. The minimum atomic E-state index is -0.599. The van der Waals surface area contributed by atoms with Gasteiger partial charge in [-0.15, -0.1) is 0 Å². The molecule has 1 aromatic rings. The predicted octanol–water partition coefficient (Wildman–Crippen LogP) is -0.0419. The maximum Gasteiger partial charge on any atom is 0.254 e. The molecule has 0 saturated carbocycles. The van der Waals surface area contributed by atoms with Crippen LogP contribution in [-0.2, 0) is 4.79 Å². The number of hydrogen-bond donors (Lipinski definition) is 2. The highest BCUT2D eigenvalue weighted by Crippen LogP contribution is 2.26. The second-order valence-corrected chi connectivity index (χ2v) is 3.51. The van der Waals surface area contributed by atoms with E-state index in [0.29, 0.717) is 0 Å². The van der Waals surface area contributed by atoms with Gasteiger partial charge in [0.05, 0.1) is 13.7 Å². The molecule has 0 spiro atoms. The molecule has 0 radical (unpaired) electrons. The molecule has 0 aromatic heterocycles. The van der Waals surface area contributed by atoms with Crippen molar-refractivity contribution in [3.63, 3.8) is 0 Å². The molecule has 0 saturated heterocycles. The highest BCUT2D eigenvalue weighted by molar-refractivity contribution is 5.96. The van der Waals surface area contributed by atoms with Crippen LogP contribution in [0.25, 0.3) is 0 Å². The second-order valence-electron chi connectivity index (χ2n) is 3.51. The van der Waals surface area contributed by atoms with E-state index < -0.39 is 11.8 Å². The molecule has 0 heterocycles. The normalized spacial score (nSPS) is 9.76. The lowest BCUT2D eigenvalue weighted by atomic mass is 10.2. The monoisotopic (exact) mass is 238 g/mol. The van der Waals surface area contributed by atoms with E-state index in [1.165, 1.54) is 37.3 Å². The summed E-state index contributed by atoms with van der Waals surface area (Å²) in [4.78, 5) is 23.6. The van der Waals surface area contributed by atoms with Gasteiger partial charge >= 0.3 is 0 Å². The molecule has 3 N–H and O–H groups in total. The van der Waals surface area contributed by atoms with Gasteiger partial charge in [-0.1, -0.05) is 0 Å². The van der Waals surface area contributed by atoms with Crippen molar-refractivity contribution in [3.8, 4) is 11.5 Å². The number of nitrogens with two attached hydrogens (primary N) is 1. The third-order valence-electron chi connectivity index (χ3n) is 2.17. The first kappa shape index (κ1) is 12.8. The van der Waals surface area contributed by atoms with Gasteiger partial charge in [-0.3, -0.25) is 9.59 Å². The van der Waals surface area contributed by atoms with Gasteiger partial charge in [-0.05, 0) is 18.2 Å². The molecule has 1 aromatic carbocycles. The first-order valence-electron chi connectivity index (χ1n) is 4.86. The molecule has 6 nitrogen and oxygen atoms in total. The minimum absolute atomic E-state index is 0.133. The van der Waals surface area contributed by atoms with Crippen LogP contribution in [0, 0.1) is 0 Å². The van der Waals surface area contributed by atoms with Crippen LogP contribution < -0.4 is 10.5 Å². The lowest BCUT2D eigenvalue weighted by molar-refractivity contribution is -0.118.